The maximum atomic E-state index is 11.9. The van der Waals surface area contributed by atoms with Crippen LogP contribution in [0, 0.1) is 0 Å². The van der Waals surface area contributed by atoms with Gasteiger partial charge in [-0.25, -0.2) is 0 Å². The summed E-state index contributed by atoms with van der Waals surface area (Å²) in [6.45, 7) is 1.37. The number of anilines is 2. The van der Waals surface area contributed by atoms with Gasteiger partial charge >= 0.3 is 6.18 Å². The van der Waals surface area contributed by atoms with Crippen molar-refractivity contribution in [2.75, 3.05) is 17.7 Å². The molecule has 1 aromatic rings. The van der Waals surface area contributed by atoms with Gasteiger partial charge in [0.2, 0.25) is 0 Å². The maximum Gasteiger partial charge on any atom is 0.389 e. The van der Waals surface area contributed by atoms with Gasteiger partial charge in [0.25, 0.3) is 5.91 Å². The third-order valence-corrected chi connectivity index (χ3v) is 2.52. The van der Waals surface area contributed by atoms with Gasteiger partial charge in [-0.3, -0.25) is 4.79 Å². The molecule has 0 aliphatic carbocycles. The van der Waals surface area contributed by atoms with E-state index in [0.29, 0.717) is 11.4 Å². The molecule has 0 heterocycles. The van der Waals surface area contributed by atoms with E-state index in [-0.39, 0.29) is 13.0 Å². The largest absolute Gasteiger partial charge is 0.399 e. The van der Waals surface area contributed by atoms with Gasteiger partial charge in [0, 0.05) is 24.4 Å². The average Bonchev–Trinajstić information content (AvgIpc) is 2.36. The van der Waals surface area contributed by atoms with Crippen molar-refractivity contribution in [3.8, 4) is 0 Å². The Labute approximate surface area is 115 Å². The lowest BCUT2D eigenvalue weighted by molar-refractivity contribution is -0.140. The van der Waals surface area contributed by atoms with E-state index in [9.17, 15) is 18.0 Å². The first kappa shape index (κ1) is 16.3. The van der Waals surface area contributed by atoms with E-state index in [2.05, 4.69) is 5.32 Å². The molecule has 0 aromatic heterocycles. The van der Waals surface area contributed by atoms with E-state index in [0.717, 1.165) is 0 Å². The van der Waals surface area contributed by atoms with Crippen LogP contribution in [0.25, 0.3) is 0 Å². The summed E-state index contributed by atoms with van der Waals surface area (Å²) < 4.78 is 40.8. The minimum absolute atomic E-state index is 0.115. The monoisotopic (exact) mass is 290 g/mol. The van der Waals surface area contributed by atoms with Gasteiger partial charge in [0.05, 0.1) is 0 Å². The number of hydrogen-bond acceptors (Lipinski definition) is 3. The third kappa shape index (κ3) is 6.42. The van der Waals surface area contributed by atoms with Crippen LogP contribution >= 0.6 is 0 Å². The molecule has 0 radical (unpaired) electrons. The topological polar surface area (TPSA) is 64.3 Å². The molecule has 7 heteroatoms. The van der Waals surface area contributed by atoms with Crippen molar-refractivity contribution >= 4 is 17.3 Å². The second-order valence-corrected chi connectivity index (χ2v) is 4.34. The lowest BCUT2D eigenvalue weighted by Crippen LogP contribution is -2.28. The summed E-state index contributed by atoms with van der Waals surface area (Å²) in [7, 11) is 0. The number of hydrogen-bond donors (Lipinski definition) is 2. The van der Waals surface area contributed by atoms with Crippen molar-refractivity contribution in [3.05, 3.63) is 24.3 Å². The van der Waals surface area contributed by atoms with Gasteiger partial charge in [-0.1, -0.05) is 0 Å². The fourth-order valence-corrected chi connectivity index (χ4v) is 1.42. The predicted molar refractivity (Wildman–Crippen MR) is 70.2 cm³/mol. The Bertz CT molecular complexity index is 432. The minimum Gasteiger partial charge on any atom is -0.399 e. The van der Waals surface area contributed by atoms with Crippen LogP contribution in [0.15, 0.2) is 24.3 Å². The van der Waals surface area contributed by atoms with Crippen LogP contribution in [0.4, 0.5) is 24.5 Å². The van der Waals surface area contributed by atoms with E-state index in [1.165, 1.54) is 6.92 Å². The molecule has 0 aliphatic rings. The molecule has 3 N–H and O–H groups in total. The molecule has 0 bridgehead atoms. The highest BCUT2D eigenvalue weighted by Gasteiger charge is 2.26. The van der Waals surface area contributed by atoms with Gasteiger partial charge in [-0.05, 0) is 37.6 Å². The van der Waals surface area contributed by atoms with Crippen molar-refractivity contribution < 1.29 is 22.7 Å². The van der Waals surface area contributed by atoms with Gasteiger partial charge in [0.15, 0.2) is 0 Å². The Kier molecular flexibility index (Phi) is 5.82. The summed E-state index contributed by atoms with van der Waals surface area (Å²) >= 11 is 0. The van der Waals surface area contributed by atoms with Crippen molar-refractivity contribution in [1.29, 1.82) is 0 Å². The number of benzene rings is 1. The molecule has 0 spiro atoms. The summed E-state index contributed by atoms with van der Waals surface area (Å²) in [6.07, 6.45) is -6.10. The Morgan fingerprint density at radius 3 is 2.50 bits per heavy atom. The molecule has 1 amide bonds. The summed E-state index contributed by atoms with van der Waals surface area (Å²) in [5.74, 6) is -0.415. The quantitative estimate of drug-likeness (QED) is 0.625. The first-order valence-corrected chi connectivity index (χ1v) is 6.13. The molecule has 4 nitrogen and oxygen atoms in total. The zero-order valence-electron chi connectivity index (χ0n) is 11.0. The molecule has 1 unspecified atom stereocenters. The zero-order valence-corrected chi connectivity index (χ0v) is 11.0. The molecular formula is C13H17F3N2O2. The number of amides is 1. The van der Waals surface area contributed by atoms with E-state index >= 15 is 0 Å². The summed E-state index contributed by atoms with van der Waals surface area (Å²) in [5, 5.41) is 2.58. The van der Waals surface area contributed by atoms with Gasteiger partial charge in [-0.2, -0.15) is 13.2 Å². The highest BCUT2D eigenvalue weighted by Crippen LogP contribution is 2.21. The lowest BCUT2D eigenvalue weighted by Gasteiger charge is -2.14. The Morgan fingerprint density at radius 2 is 1.95 bits per heavy atom. The molecule has 1 atom stereocenters. The van der Waals surface area contributed by atoms with Gasteiger partial charge in [0.1, 0.15) is 6.10 Å². The third-order valence-electron chi connectivity index (χ3n) is 2.52. The number of carbonyl (C=O) groups is 1. The number of nitrogens with two attached hydrogens (primary N) is 1. The van der Waals surface area contributed by atoms with Crippen molar-refractivity contribution in [2.24, 2.45) is 0 Å². The Morgan fingerprint density at radius 1 is 1.35 bits per heavy atom. The molecule has 0 saturated heterocycles. The molecule has 0 aliphatic heterocycles. The molecule has 1 rings (SSSR count). The normalized spacial score (nSPS) is 13.0. The number of nitrogen functional groups attached to an aromatic ring is 1. The van der Waals surface area contributed by atoms with Crippen LogP contribution in [0.3, 0.4) is 0 Å². The van der Waals surface area contributed by atoms with E-state index in [1.807, 2.05) is 0 Å². The zero-order chi connectivity index (χ0) is 15.2. The number of halogens is 3. The average molecular weight is 290 g/mol. The standard InChI is InChI=1S/C13H17F3N2O2/c1-9(20-8-2-7-13(14,15)16)12(19)18-11-5-3-10(17)4-6-11/h3-6,9H,2,7-8,17H2,1H3,(H,18,19). The molecule has 0 saturated carbocycles. The minimum atomic E-state index is -4.20. The van der Waals surface area contributed by atoms with Crippen LogP contribution in [0.5, 0.6) is 0 Å². The molecule has 0 fully saturated rings. The van der Waals surface area contributed by atoms with E-state index < -0.39 is 24.6 Å². The van der Waals surface area contributed by atoms with Crippen LogP contribution in [-0.4, -0.2) is 24.8 Å². The van der Waals surface area contributed by atoms with Crippen molar-refractivity contribution in [1.82, 2.24) is 0 Å². The second kappa shape index (κ2) is 7.14. The Hall–Kier alpha value is -1.76. The summed E-state index contributed by atoms with van der Waals surface area (Å²) in [4.78, 5) is 11.7. The van der Waals surface area contributed by atoms with Gasteiger partial charge in [-0.15, -0.1) is 0 Å². The first-order valence-electron chi connectivity index (χ1n) is 6.13. The van der Waals surface area contributed by atoms with Crippen LogP contribution in [-0.2, 0) is 9.53 Å². The number of nitrogens with one attached hydrogen (secondary N) is 1. The lowest BCUT2D eigenvalue weighted by atomic mass is 10.2. The van der Waals surface area contributed by atoms with Crippen molar-refractivity contribution in [3.63, 3.8) is 0 Å². The Balaban J connectivity index is 2.30. The number of ether oxygens (including phenoxy) is 1. The number of alkyl halides is 3. The smallest absolute Gasteiger partial charge is 0.389 e. The molecular weight excluding hydrogens is 273 g/mol. The molecule has 20 heavy (non-hydrogen) atoms. The van der Waals surface area contributed by atoms with E-state index in [1.54, 1.807) is 24.3 Å². The molecule has 1 aromatic carbocycles. The van der Waals surface area contributed by atoms with Crippen molar-refractivity contribution in [2.45, 2.75) is 32.0 Å². The second-order valence-electron chi connectivity index (χ2n) is 4.34. The number of carbonyl (C=O) groups excluding carboxylic acids is 1. The fraction of sp³-hybridized carbons (Fsp3) is 0.462. The van der Waals surface area contributed by atoms with Crippen LogP contribution < -0.4 is 11.1 Å². The van der Waals surface area contributed by atoms with Crippen LogP contribution in [0.1, 0.15) is 19.8 Å². The number of rotatable bonds is 6. The SMILES string of the molecule is CC(OCCCC(F)(F)F)C(=O)Nc1ccc(N)cc1. The molecule has 112 valence electrons. The summed E-state index contributed by atoms with van der Waals surface area (Å²) in [5.41, 5.74) is 6.62. The highest BCUT2D eigenvalue weighted by atomic mass is 19.4. The first-order chi connectivity index (χ1) is 9.28. The summed E-state index contributed by atoms with van der Waals surface area (Å²) in [6, 6.07) is 6.52. The van der Waals surface area contributed by atoms with E-state index in [4.69, 9.17) is 10.5 Å². The fourth-order valence-electron chi connectivity index (χ4n) is 1.42. The highest BCUT2D eigenvalue weighted by molar-refractivity contribution is 5.93. The maximum absolute atomic E-state index is 11.9. The van der Waals surface area contributed by atoms with Crippen LogP contribution in [0.2, 0.25) is 0 Å². The predicted octanol–water partition coefficient (Wildman–Crippen LogP) is 2.95. The van der Waals surface area contributed by atoms with Gasteiger partial charge < -0.3 is 15.8 Å².